The standard InChI is InChI=1S/C24H36N4O5/c1-7-8-11-33-20-18-12-16(21(25)26-32)9-10-17(18)22(29)27(13-15(2)3)19(20)14-28(23(30)31)24(4,5)6/h9-10,12,15,32H,7-8,11,13-14H2,1-6H3,(H2,25,26)(H,30,31). The van der Waals surface area contributed by atoms with Crippen molar-refractivity contribution >= 4 is 22.7 Å². The Labute approximate surface area is 194 Å². The molecule has 1 aromatic carbocycles. The van der Waals surface area contributed by atoms with Gasteiger partial charge in [-0.25, -0.2) is 4.79 Å². The topological polar surface area (TPSA) is 130 Å². The molecule has 0 unspecified atom stereocenters. The Bertz CT molecular complexity index is 1080. The summed E-state index contributed by atoms with van der Waals surface area (Å²) in [5.74, 6) is 0.500. The van der Waals surface area contributed by atoms with Crippen LogP contribution >= 0.6 is 0 Å². The zero-order valence-corrected chi connectivity index (χ0v) is 20.4. The van der Waals surface area contributed by atoms with Crippen molar-refractivity contribution in [2.75, 3.05) is 6.61 Å². The maximum Gasteiger partial charge on any atom is 0.408 e. The van der Waals surface area contributed by atoms with Gasteiger partial charge >= 0.3 is 6.09 Å². The van der Waals surface area contributed by atoms with Crippen LogP contribution < -0.4 is 16.0 Å². The molecule has 0 aliphatic carbocycles. The number of hydrogen-bond acceptors (Lipinski definition) is 5. The van der Waals surface area contributed by atoms with E-state index >= 15 is 0 Å². The summed E-state index contributed by atoms with van der Waals surface area (Å²) >= 11 is 0. The molecule has 0 radical (unpaired) electrons. The summed E-state index contributed by atoms with van der Waals surface area (Å²) in [6, 6.07) is 4.90. The minimum absolute atomic E-state index is 0.0218. The number of hydrogen-bond donors (Lipinski definition) is 3. The number of ether oxygens (including phenoxy) is 1. The summed E-state index contributed by atoms with van der Waals surface area (Å²) in [6.45, 7) is 12.3. The van der Waals surface area contributed by atoms with E-state index < -0.39 is 11.6 Å². The molecule has 9 nitrogen and oxygen atoms in total. The maximum atomic E-state index is 13.5. The minimum Gasteiger partial charge on any atom is -0.491 e. The van der Waals surface area contributed by atoms with Crippen molar-refractivity contribution in [2.24, 2.45) is 16.8 Å². The van der Waals surface area contributed by atoms with Gasteiger partial charge < -0.3 is 25.4 Å². The van der Waals surface area contributed by atoms with Crippen molar-refractivity contribution in [3.05, 3.63) is 39.8 Å². The second-order valence-electron chi connectivity index (χ2n) is 9.57. The summed E-state index contributed by atoms with van der Waals surface area (Å²) in [4.78, 5) is 27.0. The number of pyridine rings is 1. The van der Waals surface area contributed by atoms with Gasteiger partial charge in [-0.15, -0.1) is 0 Å². The van der Waals surface area contributed by atoms with Gasteiger partial charge in [0.05, 0.1) is 24.2 Å². The van der Waals surface area contributed by atoms with E-state index in [1.54, 1.807) is 43.5 Å². The van der Waals surface area contributed by atoms with Crippen LogP contribution in [0.15, 0.2) is 28.1 Å². The third-order valence-electron chi connectivity index (χ3n) is 5.37. The zero-order valence-electron chi connectivity index (χ0n) is 20.4. The second kappa shape index (κ2) is 10.6. The number of rotatable bonds is 9. The first-order valence-electron chi connectivity index (χ1n) is 11.2. The Morgan fingerprint density at radius 3 is 2.45 bits per heavy atom. The van der Waals surface area contributed by atoms with E-state index in [0.717, 1.165) is 12.8 Å². The Kier molecular flexibility index (Phi) is 8.35. The van der Waals surface area contributed by atoms with E-state index in [0.29, 0.717) is 40.9 Å². The lowest BCUT2D eigenvalue weighted by molar-refractivity contribution is 0.0927. The van der Waals surface area contributed by atoms with E-state index in [4.69, 9.17) is 15.7 Å². The number of amidine groups is 1. The van der Waals surface area contributed by atoms with Crippen molar-refractivity contribution in [2.45, 2.75) is 73.0 Å². The highest BCUT2D eigenvalue weighted by atomic mass is 16.5. The lowest BCUT2D eigenvalue weighted by atomic mass is 10.0. The molecule has 0 saturated heterocycles. The number of benzene rings is 1. The Morgan fingerprint density at radius 2 is 1.94 bits per heavy atom. The number of aromatic nitrogens is 1. The van der Waals surface area contributed by atoms with Gasteiger partial charge in [0.1, 0.15) is 5.75 Å². The van der Waals surface area contributed by atoms with E-state index in [2.05, 4.69) is 5.16 Å². The Hall–Kier alpha value is -3.23. The SMILES string of the molecule is CCCCOc1c(CN(C(=O)O)C(C)(C)C)n(CC(C)C)c(=O)c2ccc(C(N)=NO)cc12. The minimum atomic E-state index is -1.09. The molecular formula is C24H36N4O5. The van der Waals surface area contributed by atoms with Gasteiger partial charge in [0.25, 0.3) is 5.56 Å². The fourth-order valence-corrected chi connectivity index (χ4v) is 3.62. The van der Waals surface area contributed by atoms with Crippen LogP contribution in [0.3, 0.4) is 0 Å². The largest absolute Gasteiger partial charge is 0.491 e. The molecule has 0 fully saturated rings. The van der Waals surface area contributed by atoms with Crippen LogP contribution in [0.4, 0.5) is 4.79 Å². The summed E-state index contributed by atoms with van der Waals surface area (Å²) in [5.41, 5.74) is 5.79. The number of nitrogens with zero attached hydrogens (tertiary/aromatic N) is 3. The highest BCUT2D eigenvalue weighted by molar-refractivity contribution is 6.02. The van der Waals surface area contributed by atoms with Crippen LogP contribution in [0.25, 0.3) is 10.8 Å². The van der Waals surface area contributed by atoms with Gasteiger partial charge in [0.15, 0.2) is 5.84 Å². The molecule has 0 atom stereocenters. The van der Waals surface area contributed by atoms with E-state index in [-0.39, 0.29) is 23.9 Å². The average molecular weight is 461 g/mol. The first kappa shape index (κ1) is 26.0. The number of unbranched alkanes of at least 4 members (excludes halogenated alkanes) is 1. The Morgan fingerprint density at radius 1 is 1.27 bits per heavy atom. The number of nitrogens with two attached hydrogens (primary N) is 1. The highest BCUT2D eigenvalue weighted by Crippen LogP contribution is 2.32. The molecule has 0 bridgehead atoms. The van der Waals surface area contributed by atoms with E-state index in [1.807, 2.05) is 20.8 Å². The van der Waals surface area contributed by atoms with Gasteiger partial charge in [0.2, 0.25) is 0 Å². The first-order valence-corrected chi connectivity index (χ1v) is 11.2. The van der Waals surface area contributed by atoms with Gasteiger partial charge in [0, 0.05) is 23.0 Å². The number of fused-ring (bicyclic) bond motifs is 1. The molecule has 0 aliphatic heterocycles. The molecule has 33 heavy (non-hydrogen) atoms. The molecule has 0 spiro atoms. The van der Waals surface area contributed by atoms with Crippen LogP contribution in [0.5, 0.6) is 5.75 Å². The van der Waals surface area contributed by atoms with Crippen molar-refractivity contribution in [1.82, 2.24) is 9.47 Å². The fraction of sp³-hybridized carbons (Fsp3) is 0.542. The van der Waals surface area contributed by atoms with Crippen LogP contribution in [-0.4, -0.2) is 43.9 Å². The van der Waals surface area contributed by atoms with Crippen molar-refractivity contribution in [3.8, 4) is 5.75 Å². The molecule has 4 N–H and O–H groups in total. The third kappa shape index (κ3) is 5.97. The normalized spacial score (nSPS) is 12.4. The molecule has 1 heterocycles. The van der Waals surface area contributed by atoms with Crippen molar-refractivity contribution < 1.29 is 19.8 Å². The monoisotopic (exact) mass is 460 g/mol. The highest BCUT2D eigenvalue weighted by Gasteiger charge is 2.30. The second-order valence-corrected chi connectivity index (χ2v) is 9.57. The number of carbonyl (C=O) groups is 1. The maximum absolute atomic E-state index is 13.5. The van der Waals surface area contributed by atoms with E-state index in [1.165, 1.54) is 4.90 Å². The molecule has 182 valence electrons. The van der Waals surface area contributed by atoms with E-state index in [9.17, 15) is 14.7 Å². The molecule has 2 aromatic rings. The average Bonchev–Trinajstić information content (AvgIpc) is 2.73. The van der Waals surface area contributed by atoms with Gasteiger partial charge in [-0.2, -0.15) is 0 Å². The predicted molar refractivity (Wildman–Crippen MR) is 129 cm³/mol. The lowest BCUT2D eigenvalue weighted by Gasteiger charge is -2.34. The van der Waals surface area contributed by atoms with Crippen LogP contribution in [0, 0.1) is 5.92 Å². The van der Waals surface area contributed by atoms with Gasteiger partial charge in [-0.1, -0.05) is 38.4 Å². The number of carboxylic acid groups (broad SMARTS) is 1. The van der Waals surface area contributed by atoms with Crippen LogP contribution in [-0.2, 0) is 13.1 Å². The van der Waals surface area contributed by atoms with Gasteiger partial charge in [-0.3, -0.25) is 9.69 Å². The molecule has 0 saturated carbocycles. The fourth-order valence-electron chi connectivity index (χ4n) is 3.62. The van der Waals surface area contributed by atoms with Gasteiger partial charge in [-0.05, 0) is 45.2 Å². The molecule has 0 aliphatic rings. The molecular weight excluding hydrogens is 424 g/mol. The molecule has 1 amide bonds. The predicted octanol–water partition coefficient (Wildman–Crippen LogP) is 4.21. The molecule has 9 heteroatoms. The molecule has 1 aromatic heterocycles. The summed E-state index contributed by atoms with van der Waals surface area (Å²) in [6.07, 6.45) is 0.625. The van der Waals surface area contributed by atoms with Crippen LogP contribution in [0.1, 0.15) is 65.6 Å². The summed E-state index contributed by atoms with van der Waals surface area (Å²) < 4.78 is 7.83. The third-order valence-corrected chi connectivity index (χ3v) is 5.37. The Balaban J connectivity index is 2.92. The van der Waals surface area contributed by atoms with Crippen LogP contribution in [0.2, 0.25) is 0 Å². The van der Waals surface area contributed by atoms with Crippen molar-refractivity contribution in [3.63, 3.8) is 0 Å². The summed E-state index contributed by atoms with van der Waals surface area (Å²) in [7, 11) is 0. The zero-order chi connectivity index (χ0) is 24.9. The quantitative estimate of drug-likeness (QED) is 0.169. The number of amides is 1. The van der Waals surface area contributed by atoms with Crippen molar-refractivity contribution in [1.29, 1.82) is 0 Å². The summed E-state index contributed by atoms with van der Waals surface area (Å²) in [5, 5.41) is 23.0. The first-order chi connectivity index (χ1) is 15.4. The smallest absolute Gasteiger partial charge is 0.408 e. The molecule has 2 rings (SSSR count). The number of oxime groups is 1. The lowest BCUT2D eigenvalue weighted by Crippen LogP contribution is -2.45.